The van der Waals surface area contributed by atoms with E-state index in [-0.39, 0.29) is 22.8 Å². The second kappa shape index (κ2) is 8.03. The van der Waals surface area contributed by atoms with Crippen LogP contribution < -0.4 is 27.3 Å². The smallest absolute Gasteiger partial charge is 0.262 e. The lowest BCUT2D eigenvalue weighted by molar-refractivity contribution is -0.659. The third kappa shape index (κ3) is 3.66. The summed E-state index contributed by atoms with van der Waals surface area (Å²) in [4.78, 5) is 0. The summed E-state index contributed by atoms with van der Waals surface area (Å²) in [6, 6.07) is 20.8. The summed E-state index contributed by atoms with van der Waals surface area (Å²) in [7, 11) is 0. The standard InChI is InChI=1S/C22H18FN2S.BrH/c1-2-20-25(14-15-8-10-17(23)11-9-15)22-19(26-20)13-12-18(24)21(22)16-6-4-3-5-7-16;/h2-13H,1,14,24H2;1H/q+1;/p-1. The molecule has 0 saturated carbocycles. The predicted molar refractivity (Wildman–Crippen MR) is 107 cm³/mol. The first kappa shape index (κ1) is 19.3. The monoisotopic (exact) mass is 440 g/mol. The molecule has 0 unspecified atom stereocenters. The minimum Gasteiger partial charge on any atom is -1.00 e. The number of benzene rings is 3. The zero-order chi connectivity index (χ0) is 18.1. The van der Waals surface area contributed by atoms with E-state index < -0.39 is 0 Å². The van der Waals surface area contributed by atoms with Crippen LogP contribution in [0.5, 0.6) is 0 Å². The van der Waals surface area contributed by atoms with Gasteiger partial charge in [-0.3, -0.25) is 0 Å². The molecule has 0 aliphatic rings. The van der Waals surface area contributed by atoms with E-state index in [4.69, 9.17) is 5.73 Å². The average Bonchev–Trinajstić information content (AvgIpc) is 3.02. The number of nitrogens with two attached hydrogens (primary N) is 1. The zero-order valence-corrected chi connectivity index (χ0v) is 16.9. The number of aromatic nitrogens is 1. The molecule has 0 spiro atoms. The minimum absolute atomic E-state index is 0. The van der Waals surface area contributed by atoms with Gasteiger partial charge in [0.1, 0.15) is 10.5 Å². The largest absolute Gasteiger partial charge is 1.00 e. The Morgan fingerprint density at radius 2 is 1.70 bits per heavy atom. The molecule has 0 aliphatic carbocycles. The van der Waals surface area contributed by atoms with Crippen LogP contribution in [0, 0.1) is 5.82 Å². The van der Waals surface area contributed by atoms with E-state index in [1.54, 1.807) is 11.3 Å². The normalized spacial score (nSPS) is 10.6. The Labute approximate surface area is 172 Å². The van der Waals surface area contributed by atoms with E-state index in [1.807, 2.05) is 42.5 Å². The van der Waals surface area contributed by atoms with Gasteiger partial charge < -0.3 is 22.7 Å². The van der Waals surface area contributed by atoms with E-state index in [0.717, 1.165) is 37.6 Å². The number of thiazole rings is 1. The van der Waals surface area contributed by atoms with Gasteiger partial charge in [-0.15, -0.1) is 0 Å². The molecule has 4 rings (SSSR count). The van der Waals surface area contributed by atoms with Crippen LogP contribution in [0.1, 0.15) is 10.6 Å². The Hall–Kier alpha value is -2.50. The first-order chi connectivity index (χ1) is 12.7. The van der Waals surface area contributed by atoms with Crippen molar-refractivity contribution >= 4 is 33.3 Å². The molecule has 4 aromatic rings. The van der Waals surface area contributed by atoms with Crippen LogP contribution in [0.4, 0.5) is 10.1 Å². The van der Waals surface area contributed by atoms with Crippen LogP contribution in [0.3, 0.4) is 0 Å². The van der Waals surface area contributed by atoms with Crippen molar-refractivity contribution in [3.8, 4) is 11.1 Å². The maximum atomic E-state index is 13.3. The van der Waals surface area contributed by atoms with Gasteiger partial charge in [-0.1, -0.05) is 48.2 Å². The molecule has 1 aromatic heterocycles. The van der Waals surface area contributed by atoms with Crippen molar-refractivity contribution in [2.24, 2.45) is 0 Å². The number of halogens is 2. The highest BCUT2D eigenvalue weighted by molar-refractivity contribution is 7.19. The molecule has 0 radical (unpaired) electrons. The summed E-state index contributed by atoms with van der Waals surface area (Å²) < 4.78 is 16.6. The van der Waals surface area contributed by atoms with Crippen LogP contribution in [0.2, 0.25) is 0 Å². The molecule has 0 bridgehead atoms. The Kier molecular flexibility index (Phi) is 5.73. The number of fused-ring (bicyclic) bond motifs is 1. The lowest BCUT2D eigenvalue weighted by Gasteiger charge is -2.07. The highest BCUT2D eigenvalue weighted by atomic mass is 79.9. The summed E-state index contributed by atoms with van der Waals surface area (Å²) in [5, 5.41) is 1.05. The van der Waals surface area contributed by atoms with Crippen LogP contribution in [0.15, 0.2) is 73.3 Å². The first-order valence-electron chi connectivity index (χ1n) is 8.34. The predicted octanol–water partition coefficient (Wildman–Crippen LogP) is 2.27. The van der Waals surface area contributed by atoms with Crippen molar-refractivity contribution in [3.63, 3.8) is 0 Å². The molecule has 0 fully saturated rings. The number of hydrogen-bond acceptors (Lipinski definition) is 2. The number of anilines is 1. The maximum absolute atomic E-state index is 13.3. The molecule has 3 aromatic carbocycles. The first-order valence-corrected chi connectivity index (χ1v) is 9.16. The average molecular weight is 441 g/mol. The van der Waals surface area contributed by atoms with Crippen molar-refractivity contribution in [1.29, 1.82) is 0 Å². The van der Waals surface area contributed by atoms with Crippen molar-refractivity contribution in [3.05, 3.63) is 89.7 Å². The number of nitrogens with zero attached hydrogens (tertiary/aromatic N) is 1. The molecule has 1 heterocycles. The summed E-state index contributed by atoms with van der Waals surface area (Å²) in [6.07, 6.45) is 1.86. The molecule has 27 heavy (non-hydrogen) atoms. The van der Waals surface area contributed by atoms with Gasteiger partial charge in [0.15, 0.2) is 6.54 Å². The van der Waals surface area contributed by atoms with E-state index in [0.29, 0.717) is 6.54 Å². The van der Waals surface area contributed by atoms with Gasteiger partial charge in [0, 0.05) is 17.3 Å². The van der Waals surface area contributed by atoms with Gasteiger partial charge in [-0.2, -0.15) is 4.57 Å². The van der Waals surface area contributed by atoms with Gasteiger partial charge in [-0.05, 0) is 42.0 Å². The highest BCUT2D eigenvalue weighted by Crippen LogP contribution is 2.35. The molecule has 5 heteroatoms. The van der Waals surface area contributed by atoms with Gasteiger partial charge in [0.25, 0.3) is 5.01 Å². The topological polar surface area (TPSA) is 29.9 Å². The lowest BCUT2D eigenvalue weighted by Crippen LogP contribution is -3.00. The molecular formula is C22H18BrFN2S. The molecule has 0 aliphatic heterocycles. The van der Waals surface area contributed by atoms with Crippen molar-refractivity contribution in [2.45, 2.75) is 6.54 Å². The van der Waals surface area contributed by atoms with Crippen molar-refractivity contribution < 1.29 is 25.9 Å². The number of nitrogen functional groups attached to an aromatic ring is 1. The second-order valence-corrected chi connectivity index (χ2v) is 7.16. The highest BCUT2D eigenvalue weighted by Gasteiger charge is 2.24. The van der Waals surface area contributed by atoms with Crippen LogP contribution >= 0.6 is 11.3 Å². The van der Waals surface area contributed by atoms with Gasteiger partial charge in [0.05, 0.1) is 5.56 Å². The Bertz CT molecular complexity index is 1090. The summed E-state index contributed by atoms with van der Waals surface area (Å²) in [6.45, 7) is 4.60. The molecule has 2 N–H and O–H groups in total. The fraction of sp³-hybridized carbons (Fsp3) is 0.0455. The van der Waals surface area contributed by atoms with E-state index in [2.05, 4.69) is 29.3 Å². The summed E-state index contributed by atoms with van der Waals surface area (Å²) in [5.74, 6) is -0.230. The Morgan fingerprint density at radius 3 is 2.37 bits per heavy atom. The van der Waals surface area contributed by atoms with Crippen LogP contribution in [0.25, 0.3) is 27.4 Å². The van der Waals surface area contributed by atoms with Gasteiger partial charge in [0.2, 0.25) is 5.52 Å². The molecule has 136 valence electrons. The van der Waals surface area contributed by atoms with Crippen molar-refractivity contribution in [2.75, 3.05) is 5.73 Å². The minimum atomic E-state index is -0.230. The van der Waals surface area contributed by atoms with Gasteiger partial charge >= 0.3 is 0 Å². The summed E-state index contributed by atoms with van der Waals surface area (Å²) >= 11 is 1.68. The second-order valence-electron chi connectivity index (χ2n) is 6.10. The number of rotatable bonds is 4. The molecule has 0 atom stereocenters. The Morgan fingerprint density at radius 1 is 1.00 bits per heavy atom. The molecule has 0 amide bonds. The maximum Gasteiger partial charge on any atom is 0.262 e. The zero-order valence-electron chi connectivity index (χ0n) is 14.5. The molecular weight excluding hydrogens is 423 g/mol. The quantitative estimate of drug-likeness (QED) is 0.382. The fourth-order valence-corrected chi connectivity index (χ4v) is 4.23. The SMILES string of the molecule is C=Cc1sc2ccc(N)c(-c3ccccc3)c2[n+]1Cc1ccc(F)cc1.[Br-]. The molecule has 2 nitrogen and oxygen atoms in total. The van der Waals surface area contributed by atoms with E-state index in [1.165, 1.54) is 12.1 Å². The van der Waals surface area contributed by atoms with Crippen molar-refractivity contribution in [1.82, 2.24) is 0 Å². The van der Waals surface area contributed by atoms with Crippen LogP contribution in [-0.4, -0.2) is 0 Å². The third-order valence-corrected chi connectivity index (χ3v) is 5.56. The molecule has 0 saturated heterocycles. The van der Waals surface area contributed by atoms with E-state index >= 15 is 0 Å². The summed E-state index contributed by atoms with van der Waals surface area (Å²) in [5.41, 5.74) is 11.3. The van der Waals surface area contributed by atoms with Crippen LogP contribution in [-0.2, 0) is 6.54 Å². The lowest BCUT2D eigenvalue weighted by atomic mass is 10.0. The third-order valence-electron chi connectivity index (χ3n) is 4.41. The Balaban J connectivity index is 0.00000210. The van der Waals surface area contributed by atoms with E-state index in [9.17, 15) is 4.39 Å². The number of hydrogen-bond donors (Lipinski definition) is 1. The fourth-order valence-electron chi connectivity index (χ4n) is 3.21. The van der Waals surface area contributed by atoms with Gasteiger partial charge in [-0.25, -0.2) is 4.39 Å².